The Morgan fingerprint density at radius 1 is 1.61 bits per heavy atom. The Morgan fingerprint density at radius 2 is 2.50 bits per heavy atom. The van der Waals surface area contributed by atoms with E-state index in [0.717, 1.165) is 31.7 Å². The number of ether oxygens (including phenoxy) is 1. The lowest BCUT2D eigenvalue weighted by Crippen LogP contribution is -2.60. The number of carbonyl (C=O) groups is 1. The van der Waals surface area contributed by atoms with Gasteiger partial charge >= 0.3 is 0 Å². The van der Waals surface area contributed by atoms with Crippen LogP contribution in [0.5, 0.6) is 0 Å². The third kappa shape index (κ3) is 2.28. The van der Waals surface area contributed by atoms with Crippen LogP contribution in [0, 0.1) is 0 Å². The van der Waals surface area contributed by atoms with Crippen LogP contribution >= 0.6 is 11.3 Å². The number of nitrogens with zero attached hydrogens (tertiary/aromatic N) is 3. The number of rotatable bonds is 2. The Hall–Kier alpha value is -0.980. The average Bonchev–Trinajstić information content (AvgIpc) is 2.87. The molecule has 0 radical (unpaired) electrons. The summed E-state index contributed by atoms with van der Waals surface area (Å²) in [6.45, 7) is 3.00. The fourth-order valence-corrected chi connectivity index (χ4v) is 3.24. The van der Waals surface area contributed by atoms with Crippen molar-refractivity contribution in [1.82, 2.24) is 14.8 Å². The summed E-state index contributed by atoms with van der Waals surface area (Å²) in [4.78, 5) is 20.2. The van der Waals surface area contributed by atoms with Crippen LogP contribution in [0.4, 0.5) is 0 Å². The van der Waals surface area contributed by atoms with E-state index in [1.165, 1.54) is 0 Å². The minimum absolute atomic E-state index is 0.0896. The maximum atomic E-state index is 11.6. The highest BCUT2D eigenvalue weighted by Crippen LogP contribution is 2.23. The lowest BCUT2D eigenvalue weighted by molar-refractivity contribution is -0.160. The number of piperidine rings is 1. The largest absolute Gasteiger partial charge is 0.366 e. The van der Waals surface area contributed by atoms with Crippen LogP contribution in [0.15, 0.2) is 10.9 Å². The Morgan fingerprint density at radius 3 is 3.28 bits per heavy atom. The van der Waals surface area contributed by atoms with Crippen LogP contribution in [0.3, 0.4) is 0 Å². The topological polar surface area (TPSA) is 45.7 Å². The molecule has 18 heavy (non-hydrogen) atoms. The number of amides is 1. The molecular weight excluding hydrogens is 250 g/mol. The molecule has 3 rings (SSSR count). The zero-order valence-electron chi connectivity index (χ0n) is 10.4. The number of carbonyl (C=O) groups excluding carboxylic acids is 1. The van der Waals surface area contributed by atoms with E-state index >= 15 is 0 Å². The molecule has 1 aromatic rings. The number of likely N-dealkylation sites (N-methyl/N-ethyl adjacent to an activating group) is 1. The molecule has 1 aromatic heterocycles. The molecule has 2 saturated heterocycles. The third-order valence-electron chi connectivity index (χ3n) is 3.79. The molecule has 0 aromatic carbocycles. The van der Waals surface area contributed by atoms with Crippen molar-refractivity contribution < 1.29 is 9.53 Å². The second-order valence-corrected chi connectivity index (χ2v) is 5.64. The lowest BCUT2D eigenvalue weighted by Gasteiger charge is -2.45. The van der Waals surface area contributed by atoms with Gasteiger partial charge in [0.25, 0.3) is 0 Å². The highest BCUT2D eigenvalue weighted by atomic mass is 32.1. The van der Waals surface area contributed by atoms with Crippen LogP contribution in [0.2, 0.25) is 0 Å². The van der Waals surface area contributed by atoms with Gasteiger partial charge in [-0.1, -0.05) is 0 Å². The molecule has 3 heterocycles. The van der Waals surface area contributed by atoms with Gasteiger partial charge in [0, 0.05) is 32.1 Å². The van der Waals surface area contributed by atoms with E-state index in [4.69, 9.17) is 4.74 Å². The van der Waals surface area contributed by atoms with Crippen LogP contribution in [0.1, 0.15) is 12.1 Å². The first-order chi connectivity index (χ1) is 8.74. The summed E-state index contributed by atoms with van der Waals surface area (Å²) in [5, 5.41) is 2.08. The Bertz CT molecular complexity index is 423. The van der Waals surface area contributed by atoms with E-state index in [9.17, 15) is 4.79 Å². The van der Waals surface area contributed by atoms with Gasteiger partial charge in [0.15, 0.2) is 0 Å². The van der Waals surface area contributed by atoms with Crippen LogP contribution in [0.25, 0.3) is 0 Å². The summed E-state index contributed by atoms with van der Waals surface area (Å²) >= 11 is 1.62. The maximum Gasteiger partial charge on any atom is 0.248 e. The van der Waals surface area contributed by atoms with Gasteiger partial charge in [-0.05, 0) is 6.42 Å². The number of morpholine rings is 1. The van der Waals surface area contributed by atoms with Crippen molar-refractivity contribution in [3.63, 3.8) is 0 Å². The molecular formula is C12H17N3O2S. The van der Waals surface area contributed by atoms with E-state index in [2.05, 4.69) is 15.3 Å². The Kier molecular flexibility index (Phi) is 3.32. The van der Waals surface area contributed by atoms with Gasteiger partial charge in [-0.3, -0.25) is 9.69 Å². The Balaban J connectivity index is 1.65. The zero-order valence-corrected chi connectivity index (χ0v) is 11.2. The molecule has 0 bridgehead atoms. The molecule has 0 saturated carbocycles. The normalized spacial score (nSPS) is 29.4. The van der Waals surface area contributed by atoms with E-state index in [1.807, 2.05) is 17.5 Å². The lowest BCUT2D eigenvalue weighted by atomic mass is 9.99. The van der Waals surface area contributed by atoms with E-state index in [1.54, 1.807) is 11.3 Å². The highest BCUT2D eigenvalue weighted by molar-refractivity contribution is 7.07. The minimum atomic E-state index is 0.0896. The van der Waals surface area contributed by atoms with Gasteiger partial charge in [0.05, 0.1) is 23.4 Å². The van der Waals surface area contributed by atoms with Gasteiger partial charge in [-0.15, -0.1) is 11.3 Å². The van der Waals surface area contributed by atoms with Crippen molar-refractivity contribution >= 4 is 17.2 Å². The molecule has 6 heteroatoms. The number of hydrogen-bond acceptors (Lipinski definition) is 5. The van der Waals surface area contributed by atoms with Crippen LogP contribution in [-0.4, -0.2) is 59.6 Å². The molecule has 0 N–H and O–H groups in total. The summed E-state index contributed by atoms with van der Waals surface area (Å²) in [5.74, 6) is 0.0896. The molecule has 2 aliphatic heterocycles. The van der Waals surface area contributed by atoms with Gasteiger partial charge in [-0.2, -0.15) is 0 Å². The second kappa shape index (κ2) is 4.95. The van der Waals surface area contributed by atoms with Gasteiger partial charge in [0.1, 0.15) is 6.61 Å². The number of aromatic nitrogens is 1. The maximum absolute atomic E-state index is 11.6. The summed E-state index contributed by atoms with van der Waals surface area (Å²) in [6.07, 6.45) is 1.20. The number of fused-ring (bicyclic) bond motifs is 1. The molecule has 0 unspecified atom stereocenters. The first-order valence-corrected chi connectivity index (χ1v) is 7.15. The van der Waals surface area contributed by atoms with Gasteiger partial charge < -0.3 is 9.64 Å². The highest BCUT2D eigenvalue weighted by Gasteiger charge is 2.38. The predicted molar refractivity (Wildman–Crippen MR) is 68.3 cm³/mol. The molecule has 2 aliphatic rings. The van der Waals surface area contributed by atoms with Crippen molar-refractivity contribution in [3.8, 4) is 0 Å². The van der Waals surface area contributed by atoms with E-state index < -0.39 is 0 Å². The fraction of sp³-hybridized carbons (Fsp3) is 0.667. The first-order valence-electron chi connectivity index (χ1n) is 6.21. The molecule has 0 aliphatic carbocycles. The SMILES string of the molecule is CN1C(=O)CO[C@@H]2CCN(Cc3cscn3)C[C@@H]21. The summed E-state index contributed by atoms with van der Waals surface area (Å²) in [7, 11) is 1.88. The molecule has 5 nitrogen and oxygen atoms in total. The van der Waals surface area contributed by atoms with Crippen molar-refractivity contribution in [2.24, 2.45) is 0 Å². The van der Waals surface area contributed by atoms with Crippen molar-refractivity contribution in [2.45, 2.75) is 25.1 Å². The van der Waals surface area contributed by atoms with Crippen molar-refractivity contribution in [2.75, 3.05) is 26.7 Å². The zero-order chi connectivity index (χ0) is 12.5. The summed E-state index contributed by atoms with van der Waals surface area (Å²) in [5.41, 5.74) is 2.98. The quantitative estimate of drug-likeness (QED) is 0.786. The molecule has 2 atom stereocenters. The predicted octanol–water partition coefficient (Wildman–Crippen LogP) is 0.575. The van der Waals surface area contributed by atoms with Crippen molar-refractivity contribution in [3.05, 3.63) is 16.6 Å². The molecule has 0 spiro atoms. The van der Waals surface area contributed by atoms with Crippen LogP contribution < -0.4 is 0 Å². The summed E-state index contributed by atoms with van der Waals surface area (Å²) in [6, 6.07) is 0.193. The molecule has 1 amide bonds. The monoisotopic (exact) mass is 267 g/mol. The van der Waals surface area contributed by atoms with E-state index in [-0.39, 0.29) is 24.7 Å². The van der Waals surface area contributed by atoms with E-state index in [0.29, 0.717) is 0 Å². The fourth-order valence-electron chi connectivity index (χ4n) is 2.70. The average molecular weight is 267 g/mol. The summed E-state index contributed by atoms with van der Waals surface area (Å²) < 4.78 is 5.62. The second-order valence-electron chi connectivity index (χ2n) is 4.93. The van der Waals surface area contributed by atoms with Gasteiger partial charge in [0.2, 0.25) is 5.91 Å². The van der Waals surface area contributed by atoms with Gasteiger partial charge in [-0.25, -0.2) is 4.98 Å². The number of thiazole rings is 1. The Labute approximate surface area is 110 Å². The smallest absolute Gasteiger partial charge is 0.248 e. The molecule has 98 valence electrons. The standard InChI is InChI=1S/C12H17N3O2S/c1-14-10-5-15(4-9-7-18-8-13-9)3-2-11(10)17-6-12(14)16/h7-8,10-11H,2-6H2,1H3/t10-,11+/m0/s1. The molecule has 2 fully saturated rings. The van der Waals surface area contributed by atoms with Crippen LogP contribution in [-0.2, 0) is 16.1 Å². The first kappa shape index (κ1) is 12.1. The number of likely N-dealkylation sites (tertiary alicyclic amines) is 1. The number of hydrogen-bond donors (Lipinski definition) is 0. The van der Waals surface area contributed by atoms with Crippen molar-refractivity contribution in [1.29, 1.82) is 0 Å². The third-order valence-corrected chi connectivity index (χ3v) is 4.42. The minimum Gasteiger partial charge on any atom is -0.366 e.